The molecular formula is C10H12N2O. The minimum Gasteiger partial charge on any atom is -2.00 e. The second-order valence-electron chi connectivity index (χ2n) is 2.24. The molecule has 0 amide bonds. The molecular weight excluding hydrogens is 164 g/mol. The molecule has 2 aliphatic heterocycles. The van der Waals surface area contributed by atoms with Crippen LogP contribution in [0, 0.1) is 12.4 Å². The first-order valence-corrected chi connectivity index (χ1v) is 3.93. The third-order valence-electron chi connectivity index (χ3n) is 1.28. The van der Waals surface area contributed by atoms with Gasteiger partial charge in [-0.15, -0.1) is 0 Å². The Kier molecular flexibility index (Phi) is 7.36. The Balaban J connectivity index is 0.000000206. The van der Waals surface area contributed by atoms with Crippen LogP contribution in [0.5, 0.6) is 0 Å². The zero-order valence-electron chi connectivity index (χ0n) is 7.29. The minimum atomic E-state index is 0. The summed E-state index contributed by atoms with van der Waals surface area (Å²) in [6, 6.07) is 0. The van der Waals surface area contributed by atoms with Gasteiger partial charge in [0, 0.05) is 12.2 Å². The maximum absolute atomic E-state index is 2.89. The van der Waals surface area contributed by atoms with Crippen LogP contribution in [0.4, 0.5) is 0 Å². The lowest BCUT2D eigenvalue weighted by Gasteiger charge is -2.00. The summed E-state index contributed by atoms with van der Waals surface area (Å²) in [4.78, 5) is 0. The minimum absolute atomic E-state index is 0. The Morgan fingerprint density at radius 3 is 1.38 bits per heavy atom. The molecule has 2 aliphatic rings. The van der Waals surface area contributed by atoms with Gasteiger partial charge in [-0.3, -0.25) is 10.6 Å². The fourth-order valence-corrected chi connectivity index (χ4v) is 0.722. The predicted octanol–water partition coefficient (Wildman–Crippen LogP) is 0.807. The second-order valence-corrected chi connectivity index (χ2v) is 2.24. The Bertz CT molecular complexity index is 169. The van der Waals surface area contributed by atoms with Crippen LogP contribution in [0.2, 0.25) is 0 Å². The van der Waals surface area contributed by atoms with Crippen molar-refractivity contribution in [3.8, 4) is 0 Å². The Hall–Kier alpha value is -1.66. The number of allylic oxidation sites excluding steroid dienone is 4. The average molecular weight is 176 g/mol. The lowest BCUT2D eigenvalue weighted by molar-refractivity contribution is 0.686. The topological polar surface area (TPSA) is 52.6 Å². The van der Waals surface area contributed by atoms with Crippen molar-refractivity contribution in [3.63, 3.8) is 0 Å². The first kappa shape index (κ1) is 11.3. The number of hydrogen-bond donors (Lipinski definition) is 2. The van der Waals surface area contributed by atoms with E-state index in [2.05, 4.69) is 23.0 Å². The molecule has 0 saturated carbocycles. The van der Waals surface area contributed by atoms with Gasteiger partial charge in [0.1, 0.15) is 0 Å². The highest BCUT2D eigenvalue weighted by molar-refractivity contribution is 5.04. The number of hydrogen-bond acceptors (Lipinski definition) is 2. The number of rotatable bonds is 0. The van der Waals surface area contributed by atoms with E-state index in [0.717, 1.165) is 13.1 Å². The normalized spacial score (nSPS) is 14.8. The molecule has 0 spiro atoms. The van der Waals surface area contributed by atoms with Gasteiger partial charge in [0.15, 0.2) is 24.6 Å². The third-order valence-corrected chi connectivity index (χ3v) is 1.28. The molecule has 0 atom stereocenters. The van der Waals surface area contributed by atoms with Gasteiger partial charge in [-0.25, -0.2) is 0 Å². The van der Waals surface area contributed by atoms with Gasteiger partial charge in [0.2, 0.25) is 0 Å². The van der Waals surface area contributed by atoms with Crippen molar-refractivity contribution >= 4 is 0 Å². The van der Waals surface area contributed by atoms with E-state index >= 15 is 0 Å². The fourth-order valence-electron chi connectivity index (χ4n) is 0.722. The van der Waals surface area contributed by atoms with Crippen molar-refractivity contribution in [3.05, 3.63) is 48.9 Å². The third kappa shape index (κ3) is 6.73. The highest BCUT2D eigenvalue weighted by Crippen LogP contribution is 1.78. The Labute approximate surface area is 78.8 Å². The standard InChI is InChI=1S/2C5H6N.O/c2*1-2-4-6-5-3-1;/h2*1-3,6H,4H2;/q2*+1;-2. The summed E-state index contributed by atoms with van der Waals surface area (Å²) in [5.74, 6) is 0. The predicted molar refractivity (Wildman–Crippen MR) is 50.6 cm³/mol. The smallest absolute Gasteiger partial charge is 0.188 e. The summed E-state index contributed by atoms with van der Waals surface area (Å²) in [5, 5.41) is 5.78. The molecule has 3 heteroatoms. The van der Waals surface area contributed by atoms with E-state index in [-0.39, 0.29) is 5.48 Å². The van der Waals surface area contributed by atoms with E-state index in [1.54, 1.807) is 0 Å². The van der Waals surface area contributed by atoms with Gasteiger partial charge in [-0.2, -0.15) is 0 Å². The molecule has 0 aromatic heterocycles. The van der Waals surface area contributed by atoms with Crippen molar-refractivity contribution in [1.82, 2.24) is 10.6 Å². The first-order valence-electron chi connectivity index (χ1n) is 3.93. The zero-order valence-corrected chi connectivity index (χ0v) is 7.29. The van der Waals surface area contributed by atoms with Crippen LogP contribution in [0.25, 0.3) is 0 Å². The summed E-state index contributed by atoms with van der Waals surface area (Å²) in [7, 11) is 0. The molecule has 0 aliphatic carbocycles. The van der Waals surface area contributed by atoms with Gasteiger partial charge in [0.05, 0.1) is 25.2 Å². The van der Waals surface area contributed by atoms with E-state index < -0.39 is 0 Å². The van der Waals surface area contributed by atoms with E-state index in [1.807, 2.05) is 36.5 Å². The second kappa shape index (κ2) is 8.44. The summed E-state index contributed by atoms with van der Waals surface area (Å²) in [6.07, 6.45) is 17.4. The van der Waals surface area contributed by atoms with Crippen molar-refractivity contribution in [2.24, 2.45) is 0 Å². The molecule has 3 nitrogen and oxygen atoms in total. The molecule has 13 heavy (non-hydrogen) atoms. The Morgan fingerprint density at radius 2 is 1.31 bits per heavy atom. The van der Waals surface area contributed by atoms with E-state index in [4.69, 9.17) is 0 Å². The van der Waals surface area contributed by atoms with Crippen molar-refractivity contribution < 1.29 is 5.48 Å². The molecule has 2 N–H and O–H groups in total. The highest BCUT2D eigenvalue weighted by Gasteiger charge is 1.87. The van der Waals surface area contributed by atoms with Gasteiger partial charge >= 0.3 is 0 Å². The van der Waals surface area contributed by atoms with Gasteiger partial charge < -0.3 is 5.48 Å². The van der Waals surface area contributed by atoms with Crippen molar-refractivity contribution in [2.45, 2.75) is 0 Å². The zero-order chi connectivity index (χ0) is 8.49. The maximum Gasteiger partial charge on any atom is 0.188 e. The average Bonchev–Trinajstić information content (AvgIpc) is 2.24. The number of nitrogens with one attached hydrogen (secondary N) is 2. The molecule has 0 aromatic carbocycles. The summed E-state index contributed by atoms with van der Waals surface area (Å²) in [6.45, 7) is 1.85. The van der Waals surface area contributed by atoms with Crippen LogP contribution in [0.1, 0.15) is 0 Å². The molecule has 0 unspecified atom stereocenters. The van der Waals surface area contributed by atoms with Gasteiger partial charge in [0.25, 0.3) is 0 Å². The number of dihydropyridines is 2. The van der Waals surface area contributed by atoms with E-state index in [9.17, 15) is 0 Å². The highest BCUT2D eigenvalue weighted by atomic mass is 16.0. The van der Waals surface area contributed by atoms with Crippen LogP contribution in [-0.4, -0.2) is 13.1 Å². The molecule has 68 valence electrons. The molecule has 0 saturated heterocycles. The van der Waals surface area contributed by atoms with Crippen LogP contribution in [0.3, 0.4) is 0 Å². The quantitative estimate of drug-likeness (QED) is 0.536. The maximum atomic E-state index is 2.89. The van der Waals surface area contributed by atoms with Gasteiger partial charge in [-0.1, -0.05) is 0 Å². The summed E-state index contributed by atoms with van der Waals surface area (Å²) in [5.41, 5.74) is 0. The first-order chi connectivity index (χ1) is 6.00. The SMILES string of the molecule is [C+]1=CC=CCN1.[C+]1=CC=CCN1.[O-2]. The Morgan fingerprint density at radius 1 is 0.846 bits per heavy atom. The molecule has 0 bridgehead atoms. The monoisotopic (exact) mass is 176 g/mol. The lowest BCUT2D eigenvalue weighted by Crippen LogP contribution is -2.06. The van der Waals surface area contributed by atoms with Gasteiger partial charge in [-0.05, 0) is 0 Å². The largest absolute Gasteiger partial charge is 2.00 e. The van der Waals surface area contributed by atoms with Crippen molar-refractivity contribution in [2.75, 3.05) is 13.1 Å². The van der Waals surface area contributed by atoms with Crippen LogP contribution in [-0.2, 0) is 5.48 Å². The molecule has 2 heterocycles. The summed E-state index contributed by atoms with van der Waals surface area (Å²) < 4.78 is 0. The summed E-state index contributed by atoms with van der Waals surface area (Å²) >= 11 is 0. The molecule has 2 rings (SSSR count). The molecule has 0 fully saturated rings. The van der Waals surface area contributed by atoms with E-state index in [1.165, 1.54) is 0 Å². The van der Waals surface area contributed by atoms with Crippen LogP contribution >= 0.6 is 0 Å². The van der Waals surface area contributed by atoms with Crippen molar-refractivity contribution in [1.29, 1.82) is 0 Å². The lowest BCUT2D eigenvalue weighted by atomic mass is 10.4. The molecule has 0 radical (unpaired) electrons. The molecule has 0 aromatic rings. The van der Waals surface area contributed by atoms with E-state index in [0.29, 0.717) is 0 Å². The van der Waals surface area contributed by atoms with Crippen LogP contribution in [0.15, 0.2) is 36.5 Å². The fraction of sp³-hybridized carbons (Fsp3) is 0.200. The van der Waals surface area contributed by atoms with Crippen LogP contribution < -0.4 is 10.6 Å².